The topological polar surface area (TPSA) is 64.0 Å². The number of rotatable bonds is 6. The van der Waals surface area contributed by atoms with E-state index < -0.39 is 0 Å². The molecule has 0 aliphatic carbocycles. The number of thioether (sulfide) groups is 1. The summed E-state index contributed by atoms with van der Waals surface area (Å²) >= 11 is 1.28. The number of aryl methyl sites for hydroxylation is 2. The second kappa shape index (κ2) is 8.82. The Kier molecular flexibility index (Phi) is 6.42. The second-order valence-corrected chi connectivity index (χ2v) is 8.65. The molecule has 1 amide bonds. The van der Waals surface area contributed by atoms with Gasteiger partial charge in [-0.25, -0.2) is 4.98 Å². The van der Waals surface area contributed by atoms with Crippen molar-refractivity contribution >= 4 is 28.6 Å². The van der Waals surface area contributed by atoms with Crippen molar-refractivity contribution in [3.63, 3.8) is 0 Å². The third kappa shape index (κ3) is 4.70. The van der Waals surface area contributed by atoms with Crippen molar-refractivity contribution in [2.24, 2.45) is 5.92 Å². The van der Waals surface area contributed by atoms with Gasteiger partial charge in [0.05, 0.1) is 22.3 Å². The molecule has 6 heteroatoms. The average molecular weight is 410 g/mol. The van der Waals surface area contributed by atoms with Gasteiger partial charge in [0.2, 0.25) is 5.91 Å². The average Bonchev–Trinajstić information content (AvgIpc) is 2.68. The lowest BCUT2D eigenvalue weighted by molar-refractivity contribution is -0.119. The molecule has 152 valence electrons. The summed E-state index contributed by atoms with van der Waals surface area (Å²) in [5.41, 5.74) is 3.52. The lowest BCUT2D eigenvalue weighted by Crippen LogP contribution is -2.37. The molecular weight excluding hydrogens is 382 g/mol. The van der Waals surface area contributed by atoms with Crippen molar-refractivity contribution in [2.45, 2.75) is 45.8 Å². The molecule has 5 nitrogen and oxygen atoms in total. The summed E-state index contributed by atoms with van der Waals surface area (Å²) in [5, 5.41) is 4.08. The number of hydrogen-bond acceptors (Lipinski definition) is 4. The summed E-state index contributed by atoms with van der Waals surface area (Å²) in [7, 11) is 0. The van der Waals surface area contributed by atoms with Crippen molar-refractivity contribution in [1.82, 2.24) is 14.9 Å². The first-order valence-corrected chi connectivity index (χ1v) is 10.8. The van der Waals surface area contributed by atoms with Gasteiger partial charge in [-0.15, -0.1) is 0 Å². The molecule has 0 spiro atoms. The van der Waals surface area contributed by atoms with Crippen molar-refractivity contribution < 1.29 is 4.79 Å². The number of hydrogen-bond donors (Lipinski definition) is 1. The number of nitrogens with one attached hydrogen (secondary N) is 1. The van der Waals surface area contributed by atoms with Gasteiger partial charge in [-0.3, -0.25) is 14.2 Å². The molecule has 3 aromatic rings. The van der Waals surface area contributed by atoms with Crippen LogP contribution in [0.5, 0.6) is 0 Å². The largest absolute Gasteiger partial charge is 0.353 e. The van der Waals surface area contributed by atoms with E-state index in [1.54, 1.807) is 10.6 Å². The molecule has 0 aliphatic heterocycles. The third-order valence-electron chi connectivity index (χ3n) is 5.21. The van der Waals surface area contributed by atoms with Gasteiger partial charge in [-0.2, -0.15) is 0 Å². The molecule has 0 bridgehead atoms. The number of benzene rings is 2. The zero-order chi connectivity index (χ0) is 21.1. The lowest BCUT2D eigenvalue weighted by Gasteiger charge is -2.18. The number of amides is 1. The van der Waals surface area contributed by atoms with Gasteiger partial charge >= 0.3 is 0 Å². The smallest absolute Gasteiger partial charge is 0.266 e. The Morgan fingerprint density at radius 2 is 1.83 bits per heavy atom. The summed E-state index contributed by atoms with van der Waals surface area (Å²) in [4.78, 5) is 30.3. The van der Waals surface area contributed by atoms with E-state index in [2.05, 4.69) is 19.2 Å². The molecule has 1 N–H and O–H groups in total. The summed E-state index contributed by atoms with van der Waals surface area (Å²) in [6, 6.07) is 13.3. The first-order valence-electron chi connectivity index (χ1n) is 9.79. The Morgan fingerprint density at radius 1 is 1.10 bits per heavy atom. The molecule has 2 aromatic carbocycles. The molecule has 0 saturated heterocycles. The van der Waals surface area contributed by atoms with Crippen LogP contribution in [-0.4, -0.2) is 27.3 Å². The maximum Gasteiger partial charge on any atom is 0.266 e. The van der Waals surface area contributed by atoms with Gasteiger partial charge in [-0.05, 0) is 62.1 Å². The van der Waals surface area contributed by atoms with Crippen LogP contribution in [0, 0.1) is 19.8 Å². The fourth-order valence-electron chi connectivity index (χ4n) is 2.89. The molecule has 0 saturated carbocycles. The molecular formula is C23H27N3O2S. The third-order valence-corrected chi connectivity index (χ3v) is 6.15. The Labute approximate surface area is 175 Å². The monoisotopic (exact) mass is 409 g/mol. The maximum absolute atomic E-state index is 13.3. The SMILES string of the molecule is Cc1ccc(-n2c(SCC(=O)N[C@H](C)C(C)C)nc3ccccc3c2=O)cc1C. The van der Waals surface area contributed by atoms with Crippen molar-refractivity contribution in [3.05, 3.63) is 63.9 Å². The normalized spacial score (nSPS) is 12.3. The van der Waals surface area contributed by atoms with E-state index in [-0.39, 0.29) is 23.3 Å². The fourth-order valence-corrected chi connectivity index (χ4v) is 3.72. The molecule has 3 rings (SSSR count). The van der Waals surface area contributed by atoms with E-state index in [1.165, 1.54) is 11.8 Å². The van der Waals surface area contributed by atoms with Gasteiger partial charge in [0.1, 0.15) is 0 Å². The first kappa shape index (κ1) is 21.1. The van der Waals surface area contributed by atoms with Crippen LogP contribution >= 0.6 is 11.8 Å². The number of aromatic nitrogens is 2. The highest BCUT2D eigenvalue weighted by Gasteiger charge is 2.16. The summed E-state index contributed by atoms with van der Waals surface area (Å²) in [6.45, 7) is 10.2. The van der Waals surface area contributed by atoms with Crippen LogP contribution in [0.15, 0.2) is 52.4 Å². The highest BCUT2D eigenvalue weighted by Crippen LogP contribution is 2.22. The highest BCUT2D eigenvalue weighted by atomic mass is 32.2. The zero-order valence-electron chi connectivity index (χ0n) is 17.5. The van der Waals surface area contributed by atoms with Crippen molar-refractivity contribution in [1.29, 1.82) is 0 Å². The van der Waals surface area contributed by atoms with E-state index in [9.17, 15) is 9.59 Å². The van der Waals surface area contributed by atoms with Gasteiger partial charge in [0.15, 0.2) is 5.16 Å². The van der Waals surface area contributed by atoms with Crippen molar-refractivity contribution in [3.8, 4) is 5.69 Å². The van der Waals surface area contributed by atoms with Crippen LogP contribution < -0.4 is 10.9 Å². The Hall–Kier alpha value is -2.60. The van der Waals surface area contributed by atoms with E-state index in [1.807, 2.05) is 57.2 Å². The van der Waals surface area contributed by atoms with E-state index in [0.29, 0.717) is 22.0 Å². The van der Waals surface area contributed by atoms with Crippen LogP contribution in [0.3, 0.4) is 0 Å². The Balaban J connectivity index is 2.02. The summed E-state index contributed by atoms with van der Waals surface area (Å²) in [6.07, 6.45) is 0. The standard InChI is InChI=1S/C23H27N3O2S/c1-14(2)17(5)24-21(27)13-29-23-25-20-9-7-6-8-19(20)22(28)26(23)18-11-10-15(3)16(4)12-18/h6-12,14,17H,13H2,1-5H3,(H,24,27)/t17-/m1/s1. The lowest BCUT2D eigenvalue weighted by atomic mass is 10.1. The van der Waals surface area contributed by atoms with Crippen LogP contribution in [0.2, 0.25) is 0 Å². The fraction of sp³-hybridized carbons (Fsp3) is 0.348. The number of carbonyl (C=O) groups is 1. The molecule has 0 unspecified atom stereocenters. The van der Waals surface area contributed by atoms with Crippen LogP contribution in [0.25, 0.3) is 16.6 Å². The minimum Gasteiger partial charge on any atom is -0.353 e. The molecule has 0 radical (unpaired) electrons. The number of nitrogens with zero attached hydrogens (tertiary/aromatic N) is 2. The maximum atomic E-state index is 13.3. The first-order chi connectivity index (χ1) is 13.8. The second-order valence-electron chi connectivity index (χ2n) is 7.71. The molecule has 29 heavy (non-hydrogen) atoms. The van der Waals surface area contributed by atoms with Gasteiger partial charge in [-0.1, -0.05) is 43.8 Å². The Morgan fingerprint density at radius 3 is 2.52 bits per heavy atom. The molecule has 0 fully saturated rings. The highest BCUT2D eigenvalue weighted by molar-refractivity contribution is 7.99. The predicted molar refractivity (Wildman–Crippen MR) is 120 cm³/mol. The molecule has 0 aliphatic rings. The van der Waals surface area contributed by atoms with Gasteiger partial charge in [0.25, 0.3) is 5.56 Å². The van der Waals surface area contributed by atoms with Crippen LogP contribution in [0.4, 0.5) is 0 Å². The summed E-state index contributed by atoms with van der Waals surface area (Å²) in [5.74, 6) is 0.494. The van der Waals surface area contributed by atoms with Crippen LogP contribution in [0.1, 0.15) is 31.9 Å². The van der Waals surface area contributed by atoms with Crippen LogP contribution in [-0.2, 0) is 4.79 Å². The van der Waals surface area contributed by atoms with Gasteiger partial charge in [0, 0.05) is 6.04 Å². The predicted octanol–water partition coefficient (Wildman–Crippen LogP) is 4.26. The number of carbonyl (C=O) groups excluding carboxylic acids is 1. The Bertz CT molecular complexity index is 1100. The van der Waals surface area contributed by atoms with Gasteiger partial charge < -0.3 is 5.32 Å². The molecule has 1 atom stereocenters. The number of para-hydroxylation sites is 1. The minimum atomic E-state index is -0.127. The van der Waals surface area contributed by atoms with E-state index >= 15 is 0 Å². The molecule has 1 heterocycles. The number of fused-ring (bicyclic) bond motifs is 1. The van der Waals surface area contributed by atoms with E-state index in [0.717, 1.165) is 16.8 Å². The minimum absolute atomic E-state index is 0.0646. The quantitative estimate of drug-likeness (QED) is 0.488. The van der Waals surface area contributed by atoms with E-state index in [4.69, 9.17) is 4.98 Å². The van der Waals surface area contributed by atoms with Crippen molar-refractivity contribution in [2.75, 3.05) is 5.75 Å². The zero-order valence-corrected chi connectivity index (χ0v) is 18.3. The molecule has 1 aromatic heterocycles. The summed E-state index contributed by atoms with van der Waals surface area (Å²) < 4.78 is 1.61.